The van der Waals surface area contributed by atoms with Crippen LogP contribution in [0, 0.1) is 5.82 Å². The average molecular weight is 414 g/mol. The Bertz CT molecular complexity index is 675. The Balaban J connectivity index is 0.00000312. The van der Waals surface area contributed by atoms with Crippen molar-refractivity contribution in [2.75, 3.05) is 45.5 Å². The Morgan fingerprint density at radius 1 is 1.28 bits per heavy atom. The third-order valence-electron chi connectivity index (χ3n) is 3.95. The lowest BCUT2D eigenvalue weighted by molar-refractivity contribution is -0.120. The number of nitrogens with zero attached hydrogens (tertiary/aromatic N) is 2. The number of sulfonamides is 1. The molecule has 1 aliphatic heterocycles. The van der Waals surface area contributed by atoms with Crippen LogP contribution in [-0.4, -0.2) is 69.1 Å². The molecule has 0 bridgehead atoms. The molecule has 0 aliphatic carbocycles. The summed E-state index contributed by atoms with van der Waals surface area (Å²) >= 11 is 5.90. The second-order valence-corrected chi connectivity index (χ2v) is 8.12. The molecule has 0 radical (unpaired) electrons. The number of piperazine rings is 1. The lowest BCUT2D eigenvalue weighted by Crippen LogP contribution is -2.50. The zero-order valence-corrected chi connectivity index (χ0v) is 16.3. The zero-order valence-electron chi connectivity index (χ0n) is 13.9. The lowest BCUT2D eigenvalue weighted by Gasteiger charge is -2.33. The first-order chi connectivity index (χ1) is 11.3. The highest BCUT2D eigenvalue weighted by molar-refractivity contribution is 7.88. The molecule has 1 amide bonds. The molecule has 1 aromatic carbocycles. The second-order valence-electron chi connectivity index (χ2n) is 5.73. The molecule has 2 rings (SSSR count). The molecule has 0 unspecified atom stereocenters. The molecule has 6 nitrogen and oxygen atoms in total. The van der Waals surface area contributed by atoms with Crippen LogP contribution in [0.15, 0.2) is 18.2 Å². The third kappa shape index (κ3) is 6.71. The van der Waals surface area contributed by atoms with Crippen molar-refractivity contribution in [3.63, 3.8) is 0 Å². The van der Waals surface area contributed by atoms with Gasteiger partial charge in [0.15, 0.2) is 0 Å². The standard InChI is InChI=1S/C15H21ClFN3O3S.ClH/c1-24(22,23)20-9-7-19(8-10-20)6-5-18-15(21)11-12-13(16)3-2-4-14(12)17;/h2-4H,5-11H2,1H3,(H,18,21);1H. The minimum absolute atomic E-state index is 0. The van der Waals surface area contributed by atoms with Gasteiger partial charge in [0.1, 0.15) is 5.82 Å². The normalized spacial score (nSPS) is 16.3. The molecule has 1 saturated heterocycles. The molecule has 1 aliphatic rings. The molecular formula is C15H22Cl2FN3O3S. The molecule has 142 valence electrons. The fraction of sp³-hybridized carbons (Fsp3) is 0.533. The van der Waals surface area contributed by atoms with Crippen molar-refractivity contribution in [2.24, 2.45) is 0 Å². The van der Waals surface area contributed by atoms with Crippen LogP contribution in [0.2, 0.25) is 5.02 Å². The van der Waals surface area contributed by atoms with E-state index in [1.54, 1.807) is 6.07 Å². The Morgan fingerprint density at radius 3 is 2.48 bits per heavy atom. The SMILES string of the molecule is CS(=O)(=O)N1CCN(CCNC(=O)Cc2c(F)cccc2Cl)CC1.Cl. The maximum atomic E-state index is 13.6. The zero-order chi connectivity index (χ0) is 17.7. The van der Waals surface area contributed by atoms with E-state index >= 15 is 0 Å². The van der Waals surface area contributed by atoms with Gasteiger partial charge in [0.25, 0.3) is 0 Å². The Hall–Kier alpha value is -0.930. The van der Waals surface area contributed by atoms with Gasteiger partial charge >= 0.3 is 0 Å². The molecule has 1 heterocycles. The van der Waals surface area contributed by atoms with Gasteiger partial charge in [0.05, 0.1) is 12.7 Å². The van der Waals surface area contributed by atoms with E-state index in [0.29, 0.717) is 39.3 Å². The van der Waals surface area contributed by atoms with Crippen LogP contribution < -0.4 is 5.32 Å². The van der Waals surface area contributed by atoms with E-state index < -0.39 is 15.8 Å². The van der Waals surface area contributed by atoms with Gasteiger partial charge in [-0.15, -0.1) is 12.4 Å². The molecule has 1 aromatic rings. The first-order valence-electron chi connectivity index (χ1n) is 7.64. The molecule has 0 aromatic heterocycles. The number of carbonyl (C=O) groups is 1. The molecular weight excluding hydrogens is 392 g/mol. The van der Waals surface area contributed by atoms with Gasteiger partial charge in [-0.3, -0.25) is 9.69 Å². The Labute approximate surface area is 158 Å². The van der Waals surface area contributed by atoms with Crippen LogP contribution in [0.1, 0.15) is 5.56 Å². The smallest absolute Gasteiger partial charge is 0.224 e. The van der Waals surface area contributed by atoms with Crippen LogP contribution in [0.3, 0.4) is 0 Å². The monoisotopic (exact) mass is 413 g/mol. The van der Waals surface area contributed by atoms with Crippen LogP contribution in [0.4, 0.5) is 4.39 Å². The van der Waals surface area contributed by atoms with E-state index in [-0.39, 0.29) is 35.3 Å². The Morgan fingerprint density at radius 2 is 1.92 bits per heavy atom. The summed E-state index contributed by atoms with van der Waals surface area (Å²) in [4.78, 5) is 14.0. The topological polar surface area (TPSA) is 69.7 Å². The van der Waals surface area contributed by atoms with Crippen LogP contribution >= 0.6 is 24.0 Å². The summed E-state index contributed by atoms with van der Waals surface area (Å²) in [7, 11) is -3.14. The predicted molar refractivity (Wildman–Crippen MR) is 98.2 cm³/mol. The third-order valence-corrected chi connectivity index (χ3v) is 5.61. The summed E-state index contributed by atoms with van der Waals surface area (Å²) in [5.74, 6) is -0.786. The number of hydrogen-bond acceptors (Lipinski definition) is 4. The van der Waals surface area contributed by atoms with Crippen molar-refractivity contribution in [3.05, 3.63) is 34.6 Å². The summed E-state index contributed by atoms with van der Waals surface area (Å²) in [6.45, 7) is 3.21. The summed E-state index contributed by atoms with van der Waals surface area (Å²) in [6.07, 6.45) is 1.10. The number of carbonyl (C=O) groups excluding carboxylic acids is 1. The van der Waals surface area contributed by atoms with E-state index in [9.17, 15) is 17.6 Å². The number of benzene rings is 1. The predicted octanol–water partition coefficient (Wildman–Crippen LogP) is 1.14. The Kier molecular flexibility index (Phi) is 8.56. The minimum atomic E-state index is -3.14. The lowest BCUT2D eigenvalue weighted by atomic mass is 10.1. The van der Waals surface area contributed by atoms with E-state index in [4.69, 9.17) is 11.6 Å². The number of amides is 1. The highest BCUT2D eigenvalue weighted by Crippen LogP contribution is 2.19. The summed E-state index contributed by atoms with van der Waals surface area (Å²) in [5.41, 5.74) is 0.193. The fourth-order valence-electron chi connectivity index (χ4n) is 2.56. The van der Waals surface area contributed by atoms with Gasteiger partial charge in [-0.1, -0.05) is 17.7 Å². The van der Waals surface area contributed by atoms with Crippen molar-refractivity contribution in [1.29, 1.82) is 0 Å². The summed E-state index contributed by atoms with van der Waals surface area (Å²) in [6, 6.07) is 4.32. The van der Waals surface area contributed by atoms with Gasteiger partial charge in [0.2, 0.25) is 15.9 Å². The van der Waals surface area contributed by atoms with E-state index in [2.05, 4.69) is 10.2 Å². The van der Waals surface area contributed by atoms with Gasteiger partial charge in [0, 0.05) is 49.9 Å². The first-order valence-corrected chi connectivity index (χ1v) is 9.87. The molecule has 10 heteroatoms. The molecule has 1 N–H and O–H groups in total. The van der Waals surface area contributed by atoms with Crippen molar-refractivity contribution in [2.45, 2.75) is 6.42 Å². The molecule has 0 spiro atoms. The number of nitrogens with one attached hydrogen (secondary N) is 1. The quantitative estimate of drug-likeness (QED) is 0.758. The number of rotatable bonds is 6. The maximum absolute atomic E-state index is 13.6. The second kappa shape index (κ2) is 9.68. The number of halogens is 3. The molecule has 0 saturated carbocycles. The highest BCUT2D eigenvalue weighted by atomic mass is 35.5. The van der Waals surface area contributed by atoms with Gasteiger partial charge in [-0.2, -0.15) is 4.31 Å². The maximum Gasteiger partial charge on any atom is 0.224 e. The van der Waals surface area contributed by atoms with E-state index in [1.165, 1.54) is 22.7 Å². The largest absolute Gasteiger partial charge is 0.355 e. The molecule has 1 fully saturated rings. The van der Waals surface area contributed by atoms with Crippen molar-refractivity contribution in [1.82, 2.24) is 14.5 Å². The van der Waals surface area contributed by atoms with Gasteiger partial charge in [-0.05, 0) is 12.1 Å². The highest BCUT2D eigenvalue weighted by Gasteiger charge is 2.23. The van der Waals surface area contributed by atoms with Gasteiger partial charge < -0.3 is 5.32 Å². The van der Waals surface area contributed by atoms with E-state index in [0.717, 1.165) is 0 Å². The average Bonchev–Trinajstić information content (AvgIpc) is 2.51. The van der Waals surface area contributed by atoms with Crippen LogP contribution in [-0.2, 0) is 21.2 Å². The molecule has 0 atom stereocenters. The molecule has 25 heavy (non-hydrogen) atoms. The summed E-state index contributed by atoms with van der Waals surface area (Å²) in [5, 5.41) is 2.97. The van der Waals surface area contributed by atoms with Gasteiger partial charge in [-0.25, -0.2) is 12.8 Å². The summed E-state index contributed by atoms with van der Waals surface area (Å²) < 4.78 is 37.9. The van der Waals surface area contributed by atoms with E-state index in [1.807, 2.05) is 0 Å². The minimum Gasteiger partial charge on any atom is -0.355 e. The van der Waals surface area contributed by atoms with Crippen molar-refractivity contribution < 1.29 is 17.6 Å². The van der Waals surface area contributed by atoms with Crippen molar-refractivity contribution >= 4 is 39.9 Å². The van der Waals surface area contributed by atoms with Crippen LogP contribution in [0.25, 0.3) is 0 Å². The van der Waals surface area contributed by atoms with Crippen LogP contribution in [0.5, 0.6) is 0 Å². The van der Waals surface area contributed by atoms with Crippen molar-refractivity contribution in [3.8, 4) is 0 Å². The number of hydrogen-bond donors (Lipinski definition) is 1. The first kappa shape index (κ1) is 22.1. The fourth-order valence-corrected chi connectivity index (χ4v) is 3.62.